The molecule has 2 nitrogen and oxygen atoms in total. The lowest BCUT2D eigenvalue weighted by Gasteiger charge is -2.19. The van der Waals surface area contributed by atoms with Crippen molar-refractivity contribution >= 4 is 17.7 Å². The van der Waals surface area contributed by atoms with Crippen molar-refractivity contribution < 1.29 is 4.79 Å². The van der Waals surface area contributed by atoms with Gasteiger partial charge < -0.3 is 5.73 Å². The minimum Gasteiger partial charge on any atom is -0.368 e. The molecule has 0 unspecified atom stereocenters. The average Bonchev–Trinajstić information content (AvgIpc) is 2.48. The van der Waals surface area contributed by atoms with E-state index in [1.54, 1.807) is 11.8 Å². The number of carbonyl (C=O) groups excluding carboxylic acids is 1. The zero-order chi connectivity index (χ0) is 16.2. The van der Waals surface area contributed by atoms with Gasteiger partial charge in [-0.25, -0.2) is 0 Å². The maximum Gasteiger partial charge on any atom is 0.235 e. The smallest absolute Gasteiger partial charge is 0.235 e. The summed E-state index contributed by atoms with van der Waals surface area (Å²) in [5.41, 5.74) is 9.20. The monoisotopic (exact) mass is 313 g/mol. The van der Waals surface area contributed by atoms with Crippen LogP contribution in [0, 0.1) is 0 Å². The van der Waals surface area contributed by atoms with Crippen LogP contribution in [0.15, 0.2) is 54.6 Å². The van der Waals surface area contributed by atoms with Crippen LogP contribution in [0.4, 0.5) is 0 Å². The molecule has 0 spiro atoms. The molecule has 2 aromatic rings. The van der Waals surface area contributed by atoms with Crippen molar-refractivity contribution in [3.05, 3.63) is 71.3 Å². The first-order valence-electron chi connectivity index (χ1n) is 7.43. The number of amides is 1. The molecule has 2 rings (SSSR count). The molecule has 0 aliphatic heterocycles. The molecule has 0 aliphatic carbocycles. The lowest BCUT2D eigenvalue weighted by atomic mass is 9.87. The molecular weight excluding hydrogens is 290 g/mol. The van der Waals surface area contributed by atoms with E-state index in [9.17, 15) is 4.79 Å². The van der Waals surface area contributed by atoms with E-state index in [1.807, 2.05) is 30.3 Å². The Hall–Kier alpha value is -1.74. The summed E-state index contributed by atoms with van der Waals surface area (Å²) in [6.45, 7) is 6.61. The van der Waals surface area contributed by atoms with Crippen molar-refractivity contribution in [2.45, 2.75) is 37.2 Å². The van der Waals surface area contributed by atoms with Crippen LogP contribution in [-0.2, 0) is 16.0 Å². The fraction of sp³-hybridized carbons (Fsp3) is 0.316. The van der Waals surface area contributed by atoms with E-state index in [0.29, 0.717) is 0 Å². The molecular formula is C19H23NOS. The molecule has 2 N–H and O–H groups in total. The summed E-state index contributed by atoms with van der Waals surface area (Å²) >= 11 is 1.57. The number of carbonyl (C=O) groups is 1. The van der Waals surface area contributed by atoms with E-state index in [1.165, 1.54) is 11.1 Å². The molecule has 3 heteroatoms. The minimum absolute atomic E-state index is 0.158. The molecule has 0 saturated carbocycles. The Labute approximate surface area is 137 Å². The van der Waals surface area contributed by atoms with Gasteiger partial charge in [0.2, 0.25) is 5.91 Å². The second-order valence-corrected chi connectivity index (χ2v) is 7.54. The maximum absolute atomic E-state index is 11.7. The van der Waals surface area contributed by atoms with Crippen molar-refractivity contribution in [2.75, 3.05) is 0 Å². The van der Waals surface area contributed by atoms with E-state index < -0.39 is 0 Å². The zero-order valence-electron chi connectivity index (χ0n) is 13.4. The Morgan fingerprint density at radius 1 is 1.05 bits per heavy atom. The van der Waals surface area contributed by atoms with Crippen LogP contribution in [0.5, 0.6) is 0 Å². The van der Waals surface area contributed by atoms with E-state index in [4.69, 9.17) is 5.73 Å². The third-order valence-corrected chi connectivity index (χ3v) is 4.94. The van der Waals surface area contributed by atoms with Crippen LogP contribution in [0.25, 0.3) is 0 Å². The van der Waals surface area contributed by atoms with Gasteiger partial charge in [-0.15, -0.1) is 11.8 Å². The first-order chi connectivity index (χ1) is 10.4. The van der Waals surface area contributed by atoms with E-state index in [0.717, 1.165) is 11.3 Å². The summed E-state index contributed by atoms with van der Waals surface area (Å²) in [4.78, 5) is 11.7. The van der Waals surface area contributed by atoms with Crippen molar-refractivity contribution in [3.63, 3.8) is 0 Å². The van der Waals surface area contributed by atoms with E-state index in [-0.39, 0.29) is 16.6 Å². The summed E-state index contributed by atoms with van der Waals surface area (Å²) in [6.07, 6.45) is 0. The number of hydrogen-bond acceptors (Lipinski definition) is 2. The first-order valence-corrected chi connectivity index (χ1v) is 8.48. The highest BCUT2D eigenvalue weighted by Gasteiger charge is 2.18. The molecule has 0 aromatic heterocycles. The third-order valence-electron chi connectivity index (χ3n) is 3.60. The number of rotatable bonds is 5. The molecule has 0 aliphatic rings. The first kappa shape index (κ1) is 16.6. The highest BCUT2D eigenvalue weighted by Crippen LogP contribution is 2.32. The van der Waals surface area contributed by atoms with Gasteiger partial charge in [-0.1, -0.05) is 75.4 Å². The van der Waals surface area contributed by atoms with Crippen LogP contribution < -0.4 is 5.73 Å². The molecule has 0 fully saturated rings. The average molecular weight is 313 g/mol. The quantitative estimate of drug-likeness (QED) is 0.886. The topological polar surface area (TPSA) is 43.1 Å². The molecule has 0 radical (unpaired) electrons. The van der Waals surface area contributed by atoms with Gasteiger partial charge in [0.25, 0.3) is 0 Å². The molecule has 0 saturated heterocycles. The Kier molecular flexibility index (Phi) is 5.30. The molecule has 2 aromatic carbocycles. The molecule has 22 heavy (non-hydrogen) atoms. The van der Waals surface area contributed by atoms with Gasteiger partial charge in [0.15, 0.2) is 0 Å². The summed E-state index contributed by atoms with van der Waals surface area (Å²) in [7, 11) is 0. The summed E-state index contributed by atoms with van der Waals surface area (Å²) in [5.74, 6) is 0.481. The van der Waals surface area contributed by atoms with Crippen molar-refractivity contribution in [1.82, 2.24) is 0 Å². The van der Waals surface area contributed by atoms with Gasteiger partial charge in [0, 0.05) is 5.75 Å². The van der Waals surface area contributed by atoms with Gasteiger partial charge in [-0.05, 0) is 22.1 Å². The molecule has 1 amide bonds. The minimum atomic E-state index is -0.302. The summed E-state index contributed by atoms with van der Waals surface area (Å²) in [6, 6.07) is 18.3. The van der Waals surface area contributed by atoms with Crippen LogP contribution in [-0.4, -0.2) is 5.91 Å². The summed E-state index contributed by atoms with van der Waals surface area (Å²) < 4.78 is 0. The van der Waals surface area contributed by atoms with Crippen molar-refractivity contribution in [1.29, 1.82) is 0 Å². The fourth-order valence-electron chi connectivity index (χ4n) is 2.25. The zero-order valence-corrected chi connectivity index (χ0v) is 14.2. The van der Waals surface area contributed by atoms with Crippen molar-refractivity contribution in [2.24, 2.45) is 5.73 Å². The Bertz CT molecular complexity index is 614. The number of primary amides is 1. The van der Waals surface area contributed by atoms with Gasteiger partial charge in [0.05, 0.1) is 0 Å². The largest absolute Gasteiger partial charge is 0.368 e. The van der Waals surface area contributed by atoms with Gasteiger partial charge in [-0.3, -0.25) is 4.79 Å². The highest BCUT2D eigenvalue weighted by atomic mass is 32.2. The number of nitrogens with two attached hydrogens (primary N) is 1. The van der Waals surface area contributed by atoms with Crippen molar-refractivity contribution in [3.8, 4) is 0 Å². The summed E-state index contributed by atoms with van der Waals surface area (Å²) in [5, 5.41) is -0.302. The standard InChI is InChI=1S/C19H23NOS/c1-19(2,3)16-11-9-14(10-12-16)13-22-17(18(20)21)15-7-5-4-6-8-15/h4-12,17H,13H2,1-3H3,(H2,20,21)/t17-/m0/s1. The molecule has 0 bridgehead atoms. The second kappa shape index (κ2) is 7.01. The third kappa shape index (κ3) is 4.38. The van der Waals surface area contributed by atoms with Crippen LogP contribution in [0.2, 0.25) is 0 Å². The molecule has 1 atom stereocenters. The lowest BCUT2D eigenvalue weighted by Crippen LogP contribution is -2.19. The predicted molar refractivity (Wildman–Crippen MR) is 94.8 cm³/mol. The highest BCUT2D eigenvalue weighted by molar-refractivity contribution is 7.99. The Morgan fingerprint density at radius 2 is 1.64 bits per heavy atom. The van der Waals surface area contributed by atoms with E-state index >= 15 is 0 Å². The van der Waals surface area contributed by atoms with Crippen LogP contribution in [0.3, 0.4) is 0 Å². The Morgan fingerprint density at radius 3 is 2.14 bits per heavy atom. The van der Waals surface area contributed by atoms with Crippen LogP contribution >= 0.6 is 11.8 Å². The molecule has 116 valence electrons. The van der Waals surface area contributed by atoms with Crippen LogP contribution in [0.1, 0.15) is 42.7 Å². The predicted octanol–water partition coefficient (Wildman–Crippen LogP) is 4.44. The maximum atomic E-state index is 11.7. The Balaban J connectivity index is 2.06. The number of thioether (sulfide) groups is 1. The van der Waals surface area contributed by atoms with Gasteiger partial charge >= 0.3 is 0 Å². The lowest BCUT2D eigenvalue weighted by molar-refractivity contribution is -0.117. The number of benzene rings is 2. The van der Waals surface area contributed by atoms with Gasteiger partial charge in [-0.2, -0.15) is 0 Å². The van der Waals surface area contributed by atoms with Gasteiger partial charge in [0.1, 0.15) is 5.25 Å². The van der Waals surface area contributed by atoms with E-state index in [2.05, 4.69) is 45.0 Å². The SMILES string of the molecule is CC(C)(C)c1ccc(CS[C@H](C(N)=O)c2ccccc2)cc1. The molecule has 0 heterocycles. The normalized spacial score (nSPS) is 12.9. The second-order valence-electron chi connectivity index (χ2n) is 6.45. The fourth-order valence-corrected chi connectivity index (χ4v) is 3.32. The number of hydrogen-bond donors (Lipinski definition) is 1.